The van der Waals surface area contributed by atoms with Crippen LogP contribution in [0.2, 0.25) is 10.2 Å². The lowest BCUT2D eigenvalue weighted by Gasteiger charge is -1.99. The number of rotatable bonds is 2. The zero-order chi connectivity index (χ0) is 12.6. The van der Waals surface area contributed by atoms with Gasteiger partial charge in [0.2, 0.25) is 0 Å². The Kier molecular flexibility index (Phi) is 3.38. The molecule has 1 heterocycles. The van der Waals surface area contributed by atoms with Gasteiger partial charge in [-0.05, 0) is 29.8 Å². The minimum Gasteiger partial charge on any atom is -0.328 e. The van der Waals surface area contributed by atoms with Crippen molar-refractivity contribution in [1.82, 2.24) is 9.97 Å². The topological polar surface area (TPSA) is 45.8 Å². The summed E-state index contributed by atoms with van der Waals surface area (Å²) >= 11 is 16.9. The van der Waals surface area contributed by atoms with Crippen LogP contribution in [0.15, 0.2) is 18.2 Å². The van der Waals surface area contributed by atoms with Gasteiger partial charge in [0.15, 0.2) is 5.69 Å². The highest BCUT2D eigenvalue weighted by atomic mass is 35.5. The van der Waals surface area contributed by atoms with Crippen LogP contribution in [0.1, 0.15) is 10.5 Å². The average molecular weight is 294 g/mol. The molecule has 0 saturated heterocycles. The number of aromatic nitrogens is 2. The molecule has 0 aliphatic carbocycles. The molecule has 7 heteroatoms. The smallest absolute Gasteiger partial charge is 0.274 e. The van der Waals surface area contributed by atoms with Gasteiger partial charge in [-0.15, -0.1) is 0 Å². The molecule has 0 saturated carbocycles. The van der Waals surface area contributed by atoms with Crippen LogP contribution < -0.4 is 0 Å². The molecule has 0 radical (unpaired) electrons. The Labute approximate surface area is 111 Å². The lowest BCUT2D eigenvalue weighted by Crippen LogP contribution is -1.89. The van der Waals surface area contributed by atoms with E-state index in [1.54, 1.807) is 0 Å². The Morgan fingerprint density at radius 2 is 2.06 bits per heavy atom. The number of halogens is 4. The van der Waals surface area contributed by atoms with Crippen molar-refractivity contribution in [3.05, 3.63) is 39.9 Å². The first-order valence-electron chi connectivity index (χ1n) is 4.40. The molecule has 17 heavy (non-hydrogen) atoms. The van der Waals surface area contributed by atoms with Crippen LogP contribution in [-0.4, -0.2) is 15.2 Å². The zero-order valence-corrected chi connectivity index (χ0v) is 10.4. The third-order valence-electron chi connectivity index (χ3n) is 2.03. The zero-order valence-electron chi connectivity index (χ0n) is 8.10. The van der Waals surface area contributed by atoms with Gasteiger partial charge in [0.05, 0.1) is 5.02 Å². The molecule has 0 atom stereocenters. The second-order valence-electron chi connectivity index (χ2n) is 3.15. The Balaban J connectivity index is 2.53. The molecular weight excluding hydrogens is 289 g/mol. The van der Waals surface area contributed by atoms with Crippen LogP contribution in [0.4, 0.5) is 4.39 Å². The van der Waals surface area contributed by atoms with E-state index in [0.717, 1.165) is 6.07 Å². The highest BCUT2D eigenvalue weighted by Crippen LogP contribution is 2.28. The summed E-state index contributed by atoms with van der Waals surface area (Å²) in [6, 6.07) is 3.78. The van der Waals surface area contributed by atoms with Crippen LogP contribution in [0.5, 0.6) is 0 Å². The summed E-state index contributed by atoms with van der Waals surface area (Å²) in [4.78, 5) is 17.5. The third kappa shape index (κ3) is 2.44. The Hall–Kier alpha value is -1.10. The quantitative estimate of drug-likeness (QED) is 0.854. The van der Waals surface area contributed by atoms with Crippen molar-refractivity contribution in [2.75, 3.05) is 0 Å². The maximum Gasteiger partial charge on any atom is 0.274 e. The van der Waals surface area contributed by atoms with Crippen molar-refractivity contribution in [2.45, 2.75) is 0 Å². The summed E-state index contributed by atoms with van der Waals surface area (Å²) in [5.74, 6) is -0.214. The molecule has 0 bridgehead atoms. The molecule has 1 N–H and O–H groups in total. The van der Waals surface area contributed by atoms with Crippen molar-refractivity contribution < 1.29 is 9.18 Å². The van der Waals surface area contributed by atoms with Gasteiger partial charge in [0, 0.05) is 5.56 Å². The van der Waals surface area contributed by atoms with Gasteiger partial charge in [0.25, 0.3) is 5.24 Å². The first-order chi connectivity index (χ1) is 7.99. The molecule has 1 aromatic carbocycles. The van der Waals surface area contributed by atoms with E-state index in [1.165, 1.54) is 12.1 Å². The van der Waals surface area contributed by atoms with Crippen LogP contribution >= 0.6 is 34.8 Å². The molecule has 3 nitrogen and oxygen atoms in total. The van der Waals surface area contributed by atoms with Gasteiger partial charge in [-0.25, -0.2) is 9.37 Å². The van der Waals surface area contributed by atoms with E-state index in [9.17, 15) is 9.18 Å². The number of hydrogen-bond donors (Lipinski definition) is 1. The number of hydrogen-bond acceptors (Lipinski definition) is 2. The number of imidazole rings is 1. The lowest BCUT2D eigenvalue weighted by atomic mass is 10.2. The second kappa shape index (κ2) is 4.64. The number of benzene rings is 1. The van der Waals surface area contributed by atoms with Gasteiger partial charge in [-0.3, -0.25) is 4.79 Å². The molecule has 0 fully saturated rings. The Morgan fingerprint density at radius 3 is 2.59 bits per heavy atom. The van der Waals surface area contributed by atoms with Gasteiger partial charge in [0.1, 0.15) is 16.8 Å². The molecule has 88 valence electrons. The molecule has 2 aromatic rings. The fourth-order valence-corrected chi connectivity index (χ4v) is 1.95. The van der Waals surface area contributed by atoms with Crippen LogP contribution in [0.25, 0.3) is 11.4 Å². The van der Waals surface area contributed by atoms with E-state index in [1.807, 2.05) is 0 Å². The van der Waals surface area contributed by atoms with E-state index >= 15 is 0 Å². The summed E-state index contributed by atoms with van der Waals surface area (Å²) in [7, 11) is 0. The molecule has 0 unspecified atom stereocenters. The summed E-state index contributed by atoms with van der Waals surface area (Å²) in [6.07, 6.45) is 0. The fraction of sp³-hybridized carbons (Fsp3) is 0. The van der Waals surface area contributed by atoms with Crippen molar-refractivity contribution in [3.8, 4) is 11.4 Å². The van der Waals surface area contributed by atoms with Crippen molar-refractivity contribution in [1.29, 1.82) is 0 Å². The van der Waals surface area contributed by atoms with E-state index in [0.29, 0.717) is 5.56 Å². The molecular formula is C10H4Cl3FN2O. The van der Waals surface area contributed by atoms with Crippen LogP contribution in [0.3, 0.4) is 0 Å². The van der Waals surface area contributed by atoms with E-state index in [4.69, 9.17) is 34.8 Å². The third-order valence-corrected chi connectivity index (χ3v) is 2.80. The van der Waals surface area contributed by atoms with E-state index < -0.39 is 11.1 Å². The molecule has 0 aliphatic heterocycles. The van der Waals surface area contributed by atoms with Crippen molar-refractivity contribution in [2.24, 2.45) is 0 Å². The number of H-pyrrole nitrogens is 1. The van der Waals surface area contributed by atoms with Crippen LogP contribution in [0, 0.1) is 5.82 Å². The number of nitrogens with one attached hydrogen (secondary N) is 1. The predicted octanol–water partition coefficient (Wildman–Crippen LogP) is 3.90. The summed E-state index contributed by atoms with van der Waals surface area (Å²) in [5.41, 5.74) is 0.336. The molecule has 2 rings (SSSR count). The van der Waals surface area contributed by atoms with Gasteiger partial charge >= 0.3 is 0 Å². The first kappa shape index (κ1) is 12.4. The number of carbonyl (C=O) groups excluding carboxylic acids is 1. The van der Waals surface area contributed by atoms with Crippen molar-refractivity contribution in [3.63, 3.8) is 0 Å². The summed E-state index contributed by atoms with van der Waals surface area (Å²) < 4.78 is 12.9. The molecule has 1 aromatic heterocycles. The van der Waals surface area contributed by atoms with Gasteiger partial charge < -0.3 is 4.98 Å². The minimum absolute atomic E-state index is 0.0143. The van der Waals surface area contributed by atoms with Gasteiger partial charge in [-0.1, -0.05) is 23.2 Å². The number of carbonyl (C=O) groups is 1. The highest BCUT2D eigenvalue weighted by Gasteiger charge is 2.16. The molecule has 0 spiro atoms. The predicted molar refractivity (Wildman–Crippen MR) is 64.2 cm³/mol. The standard InChI is InChI=1S/C10H4Cl3FN2O/c11-6-3-4(14)1-2-5(6)10-15-7(9(13)17)8(12)16-10/h1-3H,(H,15,16). The van der Waals surface area contributed by atoms with E-state index in [-0.39, 0.29) is 21.7 Å². The SMILES string of the molecule is O=C(Cl)c1nc(-c2ccc(F)cc2Cl)[nH]c1Cl. The largest absolute Gasteiger partial charge is 0.328 e. The minimum atomic E-state index is -0.782. The summed E-state index contributed by atoms with van der Waals surface area (Å²) in [6.45, 7) is 0. The number of aromatic amines is 1. The van der Waals surface area contributed by atoms with Gasteiger partial charge in [-0.2, -0.15) is 0 Å². The maximum atomic E-state index is 12.9. The van der Waals surface area contributed by atoms with E-state index in [2.05, 4.69) is 9.97 Å². The fourth-order valence-electron chi connectivity index (χ4n) is 1.29. The molecule has 0 aliphatic rings. The lowest BCUT2D eigenvalue weighted by molar-refractivity contribution is 0.107. The maximum absolute atomic E-state index is 12.9. The Bertz CT molecular complexity index is 597. The first-order valence-corrected chi connectivity index (χ1v) is 5.53. The van der Waals surface area contributed by atoms with Crippen molar-refractivity contribution >= 4 is 40.0 Å². The average Bonchev–Trinajstić information content (AvgIpc) is 2.60. The normalized spacial score (nSPS) is 10.6. The monoisotopic (exact) mass is 292 g/mol. The molecule has 0 amide bonds. The Morgan fingerprint density at radius 1 is 1.35 bits per heavy atom. The second-order valence-corrected chi connectivity index (χ2v) is 4.27. The highest BCUT2D eigenvalue weighted by molar-refractivity contribution is 6.68. The number of nitrogens with zero attached hydrogens (tertiary/aromatic N) is 1. The summed E-state index contributed by atoms with van der Waals surface area (Å²) in [5, 5.41) is -0.611. The van der Waals surface area contributed by atoms with Crippen LogP contribution in [-0.2, 0) is 0 Å².